The molecule has 0 aliphatic heterocycles. The number of hydrogen-bond donors (Lipinski definition) is 2. The molecule has 0 aliphatic carbocycles. The van der Waals surface area contributed by atoms with Gasteiger partial charge in [0.15, 0.2) is 0 Å². The van der Waals surface area contributed by atoms with E-state index in [1.807, 2.05) is 4.72 Å². The highest BCUT2D eigenvalue weighted by Gasteiger charge is 2.21. The van der Waals surface area contributed by atoms with Gasteiger partial charge < -0.3 is 5.11 Å². The minimum atomic E-state index is -4.01. The molecule has 0 heterocycles. The predicted molar refractivity (Wildman–Crippen MR) is 59.9 cm³/mol. The highest BCUT2D eigenvalue weighted by molar-refractivity contribution is 7.89. The Kier molecular flexibility index (Phi) is 4.33. The zero-order chi connectivity index (χ0) is 13.9. The van der Waals surface area contributed by atoms with Gasteiger partial charge >= 0.3 is 5.69 Å². The Morgan fingerprint density at radius 1 is 1.56 bits per heavy atom. The normalized spacial score (nSPS) is 13.3. The largest absolute Gasteiger partial charge is 0.392 e. The Hall–Kier alpha value is -1.58. The Balaban J connectivity index is 3.10. The third-order valence-corrected chi connectivity index (χ3v) is 3.41. The molecule has 0 saturated carbocycles. The van der Waals surface area contributed by atoms with Gasteiger partial charge in [0.1, 0.15) is 0 Å². The first-order valence-corrected chi connectivity index (χ1v) is 6.34. The molecule has 2 N–H and O–H groups in total. The molecule has 0 radical (unpaired) electrons. The van der Waals surface area contributed by atoms with Crippen LogP contribution in [0.15, 0.2) is 23.1 Å². The molecule has 1 aromatic carbocycles. The number of benzene rings is 1. The average Bonchev–Trinajstić information content (AvgIpc) is 2.26. The lowest BCUT2D eigenvalue weighted by Crippen LogP contribution is -2.30. The maximum atomic E-state index is 13.0. The van der Waals surface area contributed by atoms with Crippen LogP contribution in [-0.4, -0.2) is 31.1 Å². The number of nitrogens with zero attached hydrogens (tertiary/aromatic N) is 1. The van der Waals surface area contributed by atoms with Gasteiger partial charge in [0.2, 0.25) is 15.8 Å². The van der Waals surface area contributed by atoms with Crippen LogP contribution in [0.1, 0.15) is 6.92 Å². The number of halogens is 1. The van der Waals surface area contributed by atoms with E-state index in [4.69, 9.17) is 5.11 Å². The molecule has 0 saturated heterocycles. The van der Waals surface area contributed by atoms with Crippen LogP contribution < -0.4 is 4.72 Å². The molecule has 0 amide bonds. The van der Waals surface area contributed by atoms with Gasteiger partial charge in [-0.25, -0.2) is 13.1 Å². The lowest BCUT2D eigenvalue weighted by Gasteiger charge is -2.08. The second-order valence-corrected chi connectivity index (χ2v) is 5.34. The standard InChI is InChI=1S/C9H11FN2O5S/c1-6(13)5-11-18(16,17)7-2-3-8(10)9(4-7)12(14)15/h2-4,6,11,13H,5H2,1H3/t6-/m1/s1. The van der Waals surface area contributed by atoms with Crippen LogP contribution in [0.2, 0.25) is 0 Å². The second kappa shape index (κ2) is 5.38. The molecule has 0 bridgehead atoms. The van der Waals surface area contributed by atoms with Crippen molar-refractivity contribution in [2.24, 2.45) is 0 Å². The van der Waals surface area contributed by atoms with Crippen molar-refractivity contribution in [1.82, 2.24) is 4.72 Å². The van der Waals surface area contributed by atoms with Gasteiger partial charge in [0.05, 0.1) is 15.9 Å². The number of aliphatic hydroxyl groups is 1. The second-order valence-electron chi connectivity index (χ2n) is 3.57. The number of hydrogen-bond acceptors (Lipinski definition) is 5. The van der Waals surface area contributed by atoms with Gasteiger partial charge in [-0.05, 0) is 19.1 Å². The number of nitro benzene ring substituents is 1. The van der Waals surface area contributed by atoms with Crippen molar-refractivity contribution in [1.29, 1.82) is 0 Å². The Bertz CT molecular complexity index is 558. The van der Waals surface area contributed by atoms with E-state index in [0.717, 1.165) is 6.07 Å². The van der Waals surface area contributed by atoms with E-state index in [1.165, 1.54) is 6.92 Å². The Morgan fingerprint density at radius 3 is 2.67 bits per heavy atom. The summed E-state index contributed by atoms with van der Waals surface area (Å²) in [5.74, 6) is -1.12. The van der Waals surface area contributed by atoms with Crippen molar-refractivity contribution < 1.29 is 22.8 Å². The summed E-state index contributed by atoms with van der Waals surface area (Å²) in [6.07, 6.45) is -0.907. The Morgan fingerprint density at radius 2 is 2.17 bits per heavy atom. The molecule has 100 valence electrons. The number of aliphatic hydroxyl groups excluding tert-OH is 1. The van der Waals surface area contributed by atoms with Crippen LogP contribution in [0.4, 0.5) is 10.1 Å². The minimum Gasteiger partial charge on any atom is -0.392 e. The van der Waals surface area contributed by atoms with Crippen molar-refractivity contribution >= 4 is 15.7 Å². The van der Waals surface area contributed by atoms with E-state index in [2.05, 4.69) is 0 Å². The zero-order valence-electron chi connectivity index (χ0n) is 9.33. The van der Waals surface area contributed by atoms with E-state index < -0.39 is 37.5 Å². The predicted octanol–water partition coefficient (Wildman–Crippen LogP) is 0.393. The van der Waals surface area contributed by atoms with Crippen molar-refractivity contribution in [2.45, 2.75) is 17.9 Å². The van der Waals surface area contributed by atoms with Gasteiger partial charge in [-0.1, -0.05) is 0 Å². The molecule has 1 aromatic rings. The van der Waals surface area contributed by atoms with Gasteiger partial charge in [0, 0.05) is 12.6 Å². The van der Waals surface area contributed by atoms with Crippen LogP contribution in [0, 0.1) is 15.9 Å². The summed E-state index contributed by atoms with van der Waals surface area (Å²) < 4.78 is 38.4. The lowest BCUT2D eigenvalue weighted by atomic mass is 10.3. The first-order valence-electron chi connectivity index (χ1n) is 4.85. The molecular formula is C9H11FN2O5S. The van der Waals surface area contributed by atoms with Crippen molar-refractivity contribution in [3.05, 3.63) is 34.1 Å². The number of rotatable bonds is 5. The summed E-state index contributed by atoms with van der Waals surface area (Å²) in [6.45, 7) is 1.13. The monoisotopic (exact) mass is 278 g/mol. The number of nitro groups is 1. The Labute approximate surface area is 102 Å². The van der Waals surface area contributed by atoms with Crippen LogP contribution in [0.3, 0.4) is 0 Å². The third kappa shape index (κ3) is 3.45. The van der Waals surface area contributed by atoms with Crippen LogP contribution in [-0.2, 0) is 10.0 Å². The topological polar surface area (TPSA) is 110 Å². The molecule has 0 unspecified atom stereocenters. The average molecular weight is 278 g/mol. The summed E-state index contributed by atoms with van der Waals surface area (Å²) >= 11 is 0. The highest BCUT2D eigenvalue weighted by atomic mass is 32.2. The third-order valence-electron chi connectivity index (χ3n) is 1.99. The lowest BCUT2D eigenvalue weighted by molar-refractivity contribution is -0.387. The molecule has 7 nitrogen and oxygen atoms in total. The molecule has 18 heavy (non-hydrogen) atoms. The number of sulfonamides is 1. The van der Waals surface area contributed by atoms with Crippen LogP contribution >= 0.6 is 0 Å². The first-order chi connectivity index (χ1) is 8.24. The fourth-order valence-electron chi connectivity index (χ4n) is 1.11. The summed E-state index contributed by atoms with van der Waals surface area (Å²) in [4.78, 5) is 9.03. The van der Waals surface area contributed by atoms with Gasteiger partial charge in [-0.2, -0.15) is 4.39 Å². The highest BCUT2D eigenvalue weighted by Crippen LogP contribution is 2.21. The molecule has 0 aliphatic rings. The summed E-state index contributed by atoms with van der Waals surface area (Å²) in [6, 6.07) is 2.24. The van der Waals surface area contributed by atoms with Crippen molar-refractivity contribution in [3.8, 4) is 0 Å². The van der Waals surface area contributed by atoms with E-state index in [1.54, 1.807) is 0 Å². The molecule has 1 atom stereocenters. The smallest absolute Gasteiger partial charge is 0.306 e. The van der Waals surface area contributed by atoms with Crippen molar-refractivity contribution in [2.75, 3.05) is 6.54 Å². The first kappa shape index (κ1) is 14.5. The molecule has 9 heteroatoms. The fraction of sp³-hybridized carbons (Fsp3) is 0.333. The SMILES string of the molecule is C[C@@H](O)CNS(=O)(=O)c1ccc(F)c([N+](=O)[O-])c1. The van der Waals surface area contributed by atoms with Gasteiger partial charge in [-0.15, -0.1) is 0 Å². The van der Waals surface area contributed by atoms with Crippen molar-refractivity contribution in [3.63, 3.8) is 0 Å². The van der Waals surface area contributed by atoms with E-state index in [9.17, 15) is 22.9 Å². The molecule has 0 fully saturated rings. The molecule has 1 rings (SSSR count). The van der Waals surface area contributed by atoms with Crippen LogP contribution in [0.5, 0.6) is 0 Å². The maximum absolute atomic E-state index is 13.0. The molecule has 0 aromatic heterocycles. The summed E-state index contributed by atoms with van der Waals surface area (Å²) in [5.41, 5.74) is -0.921. The molecule has 0 spiro atoms. The minimum absolute atomic E-state index is 0.243. The number of nitrogens with one attached hydrogen (secondary N) is 1. The maximum Gasteiger partial charge on any atom is 0.306 e. The van der Waals surface area contributed by atoms with Gasteiger partial charge in [-0.3, -0.25) is 10.1 Å². The van der Waals surface area contributed by atoms with E-state index in [-0.39, 0.29) is 6.54 Å². The van der Waals surface area contributed by atoms with E-state index >= 15 is 0 Å². The summed E-state index contributed by atoms with van der Waals surface area (Å²) in [5, 5.41) is 19.4. The quantitative estimate of drug-likeness (QED) is 0.598. The zero-order valence-corrected chi connectivity index (χ0v) is 10.1. The fourth-order valence-corrected chi connectivity index (χ4v) is 2.25. The van der Waals surface area contributed by atoms with E-state index in [0.29, 0.717) is 12.1 Å². The summed E-state index contributed by atoms with van der Waals surface area (Å²) in [7, 11) is -4.01. The van der Waals surface area contributed by atoms with Gasteiger partial charge in [0.25, 0.3) is 0 Å². The van der Waals surface area contributed by atoms with Crippen LogP contribution in [0.25, 0.3) is 0 Å². The molecular weight excluding hydrogens is 267 g/mol.